The van der Waals surface area contributed by atoms with Gasteiger partial charge in [-0.15, -0.1) is 10.2 Å². The molecule has 31 heavy (non-hydrogen) atoms. The largest absolute Gasteiger partial charge is 0.415 e. The van der Waals surface area contributed by atoms with Gasteiger partial charge in [0, 0.05) is 6.07 Å². The molecule has 1 aromatic carbocycles. The van der Waals surface area contributed by atoms with E-state index in [0.29, 0.717) is 6.07 Å². The van der Waals surface area contributed by atoms with Crippen LogP contribution in [0, 0.1) is 5.82 Å². The molecule has 0 amide bonds. The topological polar surface area (TPSA) is 123 Å². The van der Waals surface area contributed by atoms with E-state index in [1.807, 2.05) is 0 Å². The molecule has 0 saturated heterocycles. The molecule has 0 bridgehead atoms. The van der Waals surface area contributed by atoms with Gasteiger partial charge in [-0.1, -0.05) is 0 Å². The van der Waals surface area contributed by atoms with E-state index in [2.05, 4.69) is 19.9 Å². The first-order chi connectivity index (χ1) is 14.6. The van der Waals surface area contributed by atoms with E-state index in [9.17, 15) is 30.8 Å². The van der Waals surface area contributed by atoms with Gasteiger partial charge in [0.15, 0.2) is 0 Å². The summed E-state index contributed by atoms with van der Waals surface area (Å²) in [6, 6.07) is 0.667. The van der Waals surface area contributed by atoms with E-state index in [0.717, 1.165) is 4.57 Å². The summed E-state index contributed by atoms with van der Waals surface area (Å²) in [5.74, 6) is -3.40. The number of alkyl halides is 4. The monoisotopic (exact) mass is 467 g/mol. The molecule has 15 heteroatoms. The summed E-state index contributed by atoms with van der Waals surface area (Å²) in [5, 5.41) is 6.45. The molecule has 2 N–H and O–H groups in total. The lowest BCUT2D eigenvalue weighted by Crippen LogP contribution is -2.39. The number of nitrogens with one attached hydrogen (secondary N) is 2. The fraction of sp³-hybridized carbons (Fsp3) is 0.438. The van der Waals surface area contributed by atoms with Gasteiger partial charge in [-0.25, -0.2) is 31.1 Å². The lowest BCUT2D eigenvalue weighted by Gasteiger charge is -2.16. The van der Waals surface area contributed by atoms with Crippen LogP contribution in [0.1, 0.15) is 25.2 Å². The summed E-state index contributed by atoms with van der Waals surface area (Å²) in [4.78, 5) is 13.3. The molecule has 3 aromatic rings. The molecule has 0 unspecified atom stereocenters. The lowest BCUT2D eigenvalue weighted by atomic mass is 10.1. The highest BCUT2D eigenvalue weighted by molar-refractivity contribution is 7.89. The minimum Gasteiger partial charge on any atom is -0.415 e. The van der Waals surface area contributed by atoms with Crippen LogP contribution in [0.3, 0.4) is 0 Å². The Morgan fingerprint density at radius 1 is 1.29 bits per heavy atom. The van der Waals surface area contributed by atoms with Crippen LogP contribution in [0.15, 0.2) is 20.2 Å². The van der Waals surface area contributed by atoms with Crippen molar-refractivity contribution in [2.45, 2.75) is 36.2 Å². The SMILES string of the molecule is O=c1[nH]c2c(-c3nnc(C(F)F)o3)c(S(=O)(=O)NC3(CF)CC3)c(F)cc2n1CCF. The van der Waals surface area contributed by atoms with Gasteiger partial charge in [-0.2, -0.15) is 8.78 Å². The van der Waals surface area contributed by atoms with Gasteiger partial charge in [0.1, 0.15) is 24.1 Å². The third-order valence-electron chi connectivity index (χ3n) is 4.86. The number of sulfonamides is 1. The Kier molecular flexibility index (Phi) is 5.12. The van der Waals surface area contributed by atoms with Crippen molar-refractivity contribution in [1.82, 2.24) is 24.5 Å². The standard InChI is InChI=1S/C16H14F5N5O4S/c17-3-4-26-8-5-7(19)11(31(28,29)25-16(6-18)1-2-16)9(10(8)22-15(26)27)13-23-24-14(30-13)12(20)21/h5,12,25H,1-4,6H2,(H,22,27). The Morgan fingerprint density at radius 2 is 2.00 bits per heavy atom. The molecule has 1 fully saturated rings. The average Bonchev–Trinajstić information content (AvgIpc) is 3.15. The third kappa shape index (κ3) is 3.60. The van der Waals surface area contributed by atoms with Gasteiger partial charge in [-0.3, -0.25) is 4.57 Å². The predicted molar refractivity (Wildman–Crippen MR) is 95.0 cm³/mol. The molecule has 0 spiro atoms. The molecule has 0 radical (unpaired) electrons. The van der Waals surface area contributed by atoms with E-state index in [1.165, 1.54) is 0 Å². The fourth-order valence-electron chi connectivity index (χ4n) is 3.19. The van der Waals surface area contributed by atoms with Gasteiger partial charge >= 0.3 is 12.1 Å². The van der Waals surface area contributed by atoms with Gasteiger partial charge in [0.2, 0.25) is 10.0 Å². The number of hydrogen-bond acceptors (Lipinski definition) is 6. The van der Waals surface area contributed by atoms with Crippen molar-refractivity contribution in [2.24, 2.45) is 0 Å². The predicted octanol–water partition coefficient (Wildman–Crippen LogP) is 2.21. The van der Waals surface area contributed by atoms with Crippen LogP contribution >= 0.6 is 0 Å². The van der Waals surface area contributed by atoms with Crippen LogP contribution < -0.4 is 10.4 Å². The first-order valence-electron chi connectivity index (χ1n) is 8.85. The number of halogens is 5. The van der Waals surface area contributed by atoms with Crippen LogP contribution in [0.25, 0.3) is 22.5 Å². The van der Waals surface area contributed by atoms with Crippen molar-refractivity contribution in [3.63, 3.8) is 0 Å². The zero-order chi connectivity index (χ0) is 22.6. The van der Waals surface area contributed by atoms with E-state index >= 15 is 4.39 Å². The first-order valence-corrected chi connectivity index (χ1v) is 10.3. The summed E-state index contributed by atoms with van der Waals surface area (Å²) >= 11 is 0. The molecular formula is C16H14F5N5O4S. The van der Waals surface area contributed by atoms with Gasteiger partial charge in [-0.05, 0) is 12.8 Å². The van der Waals surface area contributed by atoms with Gasteiger partial charge < -0.3 is 9.40 Å². The molecule has 1 saturated carbocycles. The Balaban J connectivity index is 2.03. The van der Waals surface area contributed by atoms with E-state index in [-0.39, 0.29) is 23.9 Å². The van der Waals surface area contributed by atoms with E-state index < -0.39 is 75.6 Å². The number of fused-ring (bicyclic) bond motifs is 1. The second kappa shape index (κ2) is 7.40. The quantitative estimate of drug-likeness (QED) is 0.490. The Hall–Kier alpha value is -2.81. The third-order valence-corrected chi connectivity index (χ3v) is 6.50. The van der Waals surface area contributed by atoms with Crippen LogP contribution in [-0.2, 0) is 16.6 Å². The molecule has 0 aliphatic heterocycles. The molecule has 0 atom stereocenters. The summed E-state index contributed by atoms with van der Waals surface area (Å²) in [7, 11) is -4.78. The van der Waals surface area contributed by atoms with E-state index in [4.69, 9.17) is 4.42 Å². The van der Waals surface area contributed by atoms with Crippen molar-refractivity contribution in [3.8, 4) is 11.5 Å². The summed E-state index contributed by atoms with van der Waals surface area (Å²) in [6.45, 7) is -2.54. The summed E-state index contributed by atoms with van der Waals surface area (Å²) < 4.78 is 101. The highest BCUT2D eigenvalue weighted by atomic mass is 32.2. The molecule has 2 heterocycles. The number of nitrogens with zero attached hydrogens (tertiary/aromatic N) is 3. The number of aromatic nitrogens is 4. The Bertz CT molecular complexity index is 1310. The lowest BCUT2D eigenvalue weighted by molar-refractivity contribution is 0.116. The summed E-state index contributed by atoms with van der Waals surface area (Å²) in [5.41, 5.74) is -3.63. The molecule has 9 nitrogen and oxygen atoms in total. The summed E-state index contributed by atoms with van der Waals surface area (Å²) in [6.07, 6.45) is -2.87. The number of aromatic amines is 1. The number of aryl methyl sites for hydroxylation is 1. The van der Waals surface area contributed by atoms with Crippen molar-refractivity contribution in [3.05, 3.63) is 28.3 Å². The molecule has 1 aliphatic carbocycles. The number of H-pyrrole nitrogens is 1. The van der Waals surface area contributed by atoms with Crippen LogP contribution in [0.4, 0.5) is 22.0 Å². The number of hydrogen-bond donors (Lipinski definition) is 2. The van der Waals surface area contributed by atoms with Crippen molar-refractivity contribution >= 4 is 21.1 Å². The van der Waals surface area contributed by atoms with Crippen molar-refractivity contribution in [1.29, 1.82) is 0 Å². The van der Waals surface area contributed by atoms with Crippen molar-refractivity contribution < 1.29 is 34.8 Å². The highest BCUT2D eigenvalue weighted by Gasteiger charge is 2.47. The second-order valence-electron chi connectivity index (χ2n) is 6.99. The second-order valence-corrected chi connectivity index (χ2v) is 8.61. The molecule has 168 valence electrons. The van der Waals surface area contributed by atoms with Crippen LogP contribution in [-0.4, -0.2) is 47.1 Å². The number of imidazole rings is 1. The highest BCUT2D eigenvalue weighted by Crippen LogP contribution is 2.40. The maximum atomic E-state index is 15.1. The maximum Gasteiger partial charge on any atom is 0.326 e. The minimum atomic E-state index is -4.78. The molecule has 2 aromatic heterocycles. The maximum absolute atomic E-state index is 15.1. The van der Waals surface area contributed by atoms with Crippen molar-refractivity contribution in [2.75, 3.05) is 13.3 Å². The normalized spacial score (nSPS) is 15.8. The Morgan fingerprint density at radius 3 is 2.55 bits per heavy atom. The van der Waals surface area contributed by atoms with E-state index in [1.54, 1.807) is 0 Å². The van der Waals surface area contributed by atoms with Crippen LogP contribution in [0.5, 0.6) is 0 Å². The zero-order valence-electron chi connectivity index (χ0n) is 15.5. The zero-order valence-corrected chi connectivity index (χ0v) is 16.3. The Labute approximate surface area is 170 Å². The smallest absolute Gasteiger partial charge is 0.326 e. The first kappa shape index (κ1) is 21.4. The number of benzene rings is 1. The fourth-order valence-corrected chi connectivity index (χ4v) is 4.89. The molecule has 4 rings (SSSR count). The van der Waals surface area contributed by atoms with Crippen LogP contribution in [0.2, 0.25) is 0 Å². The van der Waals surface area contributed by atoms with Gasteiger partial charge in [0.05, 0.1) is 28.7 Å². The van der Waals surface area contributed by atoms with Gasteiger partial charge in [0.25, 0.3) is 11.8 Å². The average molecular weight is 467 g/mol. The molecule has 1 aliphatic rings. The minimum absolute atomic E-state index is 0.168. The molecular weight excluding hydrogens is 453 g/mol. The number of rotatable bonds is 8.